The molecule has 1 amide bonds. The molecule has 0 spiro atoms. The molecule has 1 aromatic heterocycles. The van der Waals surface area contributed by atoms with Crippen LogP contribution in [0.4, 0.5) is 4.79 Å². The molecule has 0 aromatic carbocycles. The molecule has 7 nitrogen and oxygen atoms in total. The monoisotopic (exact) mass is 391 g/mol. The zero-order valence-corrected chi connectivity index (χ0v) is 17.5. The number of methoxy groups -OCH3 is 1. The summed E-state index contributed by atoms with van der Waals surface area (Å²) < 4.78 is 12.0. The number of aromatic nitrogens is 1. The summed E-state index contributed by atoms with van der Waals surface area (Å²) in [5.41, 5.74) is 0.00239. The molecule has 0 N–H and O–H groups in total. The Balaban J connectivity index is 2.18. The van der Waals surface area contributed by atoms with Crippen LogP contribution >= 0.6 is 0 Å². The molecule has 1 heterocycles. The van der Waals surface area contributed by atoms with Gasteiger partial charge < -0.3 is 9.47 Å². The van der Waals surface area contributed by atoms with Gasteiger partial charge in [0.2, 0.25) is 0 Å². The van der Waals surface area contributed by atoms with Crippen molar-refractivity contribution < 1.29 is 19.1 Å². The molecule has 156 valence electrons. The molecule has 0 atom stereocenters. The van der Waals surface area contributed by atoms with E-state index in [4.69, 9.17) is 14.5 Å². The molecular formula is C21H33N3O4. The molecule has 1 fully saturated rings. The lowest BCUT2D eigenvalue weighted by Crippen LogP contribution is -2.44. The zero-order valence-electron chi connectivity index (χ0n) is 17.5. The first-order valence-corrected chi connectivity index (χ1v) is 10.0. The van der Waals surface area contributed by atoms with E-state index in [0.717, 1.165) is 12.8 Å². The quantitative estimate of drug-likeness (QED) is 0.746. The lowest BCUT2D eigenvalue weighted by atomic mass is 9.96. The fourth-order valence-electron chi connectivity index (χ4n) is 3.15. The van der Waals surface area contributed by atoms with Crippen LogP contribution in [0.15, 0.2) is 29.4 Å². The van der Waals surface area contributed by atoms with E-state index in [2.05, 4.69) is 0 Å². The maximum Gasteiger partial charge on any atom is 0.410 e. The summed E-state index contributed by atoms with van der Waals surface area (Å²) in [7, 11) is 1.56. The second-order valence-corrected chi connectivity index (χ2v) is 8.14. The maximum absolute atomic E-state index is 13.0. The Morgan fingerprint density at radius 1 is 1.21 bits per heavy atom. The van der Waals surface area contributed by atoms with Crippen LogP contribution in [0.25, 0.3) is 0 Å². The maximum atomic E-state index is 13.0. The van der Waals surface area contributed by atoms with Gasteiger partial charge in [0.25, 0.3) is 5.91 Å². The molecule has 0 aliphatic heterocycles. The summed E-state index contributed by atoms with van der Waals surface area (Å²) in [6.07, 6.45) is 6.90. The molecule has 1 aromatic rings. The minimum atomic E-state index is -0.632. The van der Waals surface area contributed by atoms with Crippen LogP contribution in [0.3, 0.4) is 0 Å². The van der Waals surface area contributed by atoms with E-state index >= 15 is 0 Å². The predicted molar refractivity (Wildman–Crippen MR) is 107 cm³/mol. The Kier molecular flexibility index (Phi) is 8.23. The Labute approximate surface area is 167 Å². The van der Waals surface area contributed by atoms with E-state index in [9.17, 15) is 9.59 Å². The molecule has 0 bridgehead atoms. The molecule has 1 aliphatic rings. The summed E-state index contributed by atoms with van der Waals surface area (Å²) >= 11 is 0. The van der Waals surface area contributed by atoms with Gasteiger partial charge in [-0.15, -0.1) is 0 Å². The third kappa shape index (κ3) is 7.11. The minimum Gasteiger partial charge on any atom is -0.444 e. The number of hydrogen-bond acceptors (Lipinski definition) is 5. The van der Waals surface area contributed by atoms with E-state index in [1.807, 2.05) is 12.1 Å². The van der Waals surface area contributed by atoms with Crippen molar-refractivity contribution in [3.63, 3.8) is 0 Å². The van der Waals surface area contributed by atoms with Crippen molar-refractivity contribution >= 4 is 12.0 Å². The SMILES string of the molecule is COCCN(CC(=O)n1ccccc1=NC1CCCCC1)C(=O)OC(C)(C)C. The molecule has 0 radical (unpaired) electrons. The summed E-state index contributed by atoms with van der Waals surface area (Å²) in [4.78, 5) is 31.6. The van der Waals surface area contributed by atoms with Crippen LogP contribution in [0.2, 0.25) is 0 Å². The van der Waals surface area contributed by atoms with Crippen molar-refractivity contribution in [3.8, 4) is 0 Å². The van der Waals surface area contributed by atoms with Crippen LogP contribution < -0.4 is 5.49 Å². The van der Waals surface area contributed by atoms with Crippen LogP contribution in [-0.2, 0) is 9.47 Å². The first-order chi connectivity index (χ1) is 13.3. The third-order valence-corrected chi connectivity index (χ3v) is 4.54. The first-order valence-electron chi connectivity index (χ1n) is 10.0. The fraction of sp³-hybridized carbons (Fsp3) is 0.667. The Morgan fingerprint density at radius 2 is 1.93 bits per heavy atom. The number of nitrogens with zero attached hydrogens (tertiary/aromatic N) is 3. The molecule has 1 saturated carbocycles. The fourth-order valence-corrected chi connectivity index (χ4v) is 3.15. The van der Waals surface area contributed by atoms with Gasteiger partial charge in [0.05, 0.1) is 12.6 Å². The van der Waals surface area contributed by atoms with Crippen molar-refractivity contribution in [2.75, 3.05) is 26.8 Å². The van der Waals surface area contributed by atoms with Crippen LogP contribution in [0, 0.1) is 0 Å². The summed E-state index contributed by atoms with van der Waals surface area (Å²) in [6.45, 7) is 5.90. The highest BCUT2D eigenvalue weighted by Crippen LogP contribution is 2.19. The largest absolute Gasteiger partial charge is 0.444 e. The lowest BCUT2D eigenvalue weighted by Gasteiger charge is -2.27. The van der Waals surface area contributed by atoms with Gasteiger partial charge in [0.1, 0.15) is 17.6 Å². The number of hydrogen-bond donors (Lipinski definition) is 0. The van der Waals surface area contributed by atoms with Gasteiger partial charge >= 0.3 is 6.09 Å². The average molecular weight is 392 g/mol. The van der Waals surface area contributed by atoms with Gasteiger partial charge in [0, 0.05) is 19.9 Å². The van der Waals surface area contributed by atoms with E-state index in [1.54, 1.807) is 40.1 Å². The highest BCUT2D eigenvalue weighted by atomic mass is 16.6. The Morgan fingerprint density at radius 3 is 2.57 bits per heavy atom. The van der Waals surface area contributed by atoms with Crippen LogP contribution in [0.5, 0.6) is 0 Å². The van der Waals surface area contributed by atoms with E-state index in [-0.39, 0.29) is 25.0 Å². The molecule has 1 aliphatic carbocycles. The van der Waals surface area contributed by atoms with Crippen molar-refractivity contribution in [1.82, 2.24) is 9.47 Å². The second kappa shape index (κ2) is 10.4. The molecule has 28 heavy (non-hydrogen) atoms. The van der Waals surface area contributed by atoms with Gasteiger partial charge in [-0.3, -0.25) is 19.3 Å². The lowest BCUT2D eigenvalue weighted by molar-refractivity contribution is 0.0192. The summed E-state index contributed by atoms with van der Waals surface area (Å²) in [6, 6.07) is 5.78. The van der Waals surface area contributed by atoms with Crippen LogP contribution in [0.1, 0.15) is 57.7 Å². The van der Waals surface area contributed by atoms with E-state index in [0.29, 0.717) is 12.1 Å². The van der Waals surface area contributed by atoms with Crippen molar-refractivity contribution in [3.05, 3.63) is 29.9 Å². The van der Waals surface area contributed by atoms with Gasteiger partial charge in [0.15, 0.2) is 0 Å². The number of carbonyl (C=O) groups excluding carboxylic acids is 2. The Hall–Kier alpha value is -2.15. The molecule has 0 unspecified atom stereocenters. The van der Waals surface area contributed by atoms with Gasteiger partial charge in [-0.2, -0.15) is 0 Å². The van der Waals surface area contributed by atoms with E-state index < -0.39 is 11.7 Å². The minimum absolute atomic E-state index is 0.0971. The van der Waals surface area contributed by atoms with E-state index in [1.165, 1.54) is 28.7 Å². The third-order valence-electron chi connectivity index (χ3n) is 4.54. The topological polar surface area (TPSA) is 73.1 Å². The standard InChI is InChI=1S/C21H33N3O4/c1-21(2,3)28-20(26)23(14-15-27-4)16-19(25)24-13-9-8-12-18(24)22-17-10-6-5-7-11-17/h8-9,12-13,17H,5-7,10-11,14-16H2,1-4H3. The highest BCUT2D eigenvalue weighted by Gasteiger charge is 2.24. The van der Waals surface area contributed by atoms with Gasteiger partial charge in [-0.05, 0) is 45.7 Å². The van der Waals surface area contributed by atoms with Crippen LogP contribution in [-0.4, -0.2) is 59.9 Å². The summed E-state index contributed by atoms with van der Waals surface area (Å²) in [5, 5.41) is 0. The normalized spacial score (nSPS) is 16.1. The predicted octanol–water partition coefficient (Wildman–Crippen LogP) is 3.25. The number of pyridine rings is 1. The smallest absolute Gasteiger partial charge is 0.410 e. The second-order valence-electron chi connectivity index (χ2n) is 8.14. The molecular weight excluding hydrogens is 358 g/mol. The zero-order chi connectivity index (χ0) is 20.6. The van der Waals surface area contributed by atoms with Gasteiger partial charge in [-0.25, -0.2) is 4.79 Å². The number of carbonyl (C=O) groups is 2. The first kappa shape index (κ1) is 22.1. The van der Waals surface area contributed by atoms with Crippen molar-refractivity contribution in [2.45, 2.75) is 64.5 Å². The number of ether oxygens (including phenoxy) is 2. The molecule has 7 heteroatoms. The number of rotatable bonds is 6. The number of amides is 1. The Bertz CT molecular complexity index is 715. The molecule has 2 rings (SSSR count). The summed E-state index contributed by atoms with van der Waals surface area (Å²) in [5.74, 6) is -0.225. The molecule has 0 saturated heterocycles. The van der Waals surface area contributed by atoms with Gasteiger partial charge in [-0.1, -0.05) is 25.3 Å². The van der Waals surface area contributed by atoms with Crippen molar-refractivity contribution in [1.29, 1.82) is 0 Å². The average Bonchev–Trinajstić information content (AvgIpc) is 2.64. The van der Waals surface area contributed by atoms with Crippen molar-refractivity contribution in [2.24, 2.45) is 4.99 Å². The highest BCUT2D eigenvalue weighted by molar-refractivity contribution is 5.84.